The number of methoxy groups -OCH3 is 2. The van der Waals surface area contributed by atoms with Gasteiger partial charge in [-0.3, -0.25) is 0 Å². The molecule has 1 rings (SSSR count). The van der Waals surface area contributed by atoms with E-state index in [0.29, 0.717) is 6.42 Å². The van der Waals surface area contributed by atoms with E-state index in [1.54, 1.807) is 18.3 Å². The molecule has 1 aromatic heterocycles. The molecule has 0 saturated carbocycles. The molecule has 1 N–H and O–H groups in total. The van der Waals surface area contributed by atoms with Crippen molar-refractivity contribution in [2.75, 3.05) is 14.2 Å². The maximum atomic E-state index is 10.2. The van der Waals surface area contributed by atoms with E-state index < -0.39 is 11.9 Å². The lowest BCUT2D eigenvalue weighted by molar-refractivity contribution is -0.207. The van der Waals surface area contributed by atoms with Crippen molar-refractivity contribution in [3.05, 3.63) is 16.1 Å². The molecule has 4 nitrogen and oxygen atoms in total. The zero-order valence-corrected chi connectivity index (χ0v) is 10.3. The van der Waals surface area contributed by atoms with Gasteiger partial charge < -0.3 is 14.6 Å². The van der Waals surface area contributed by atoms with E-state index in [9.17, 15) is 5.11 Å². The number of thiazole rings is 1. The Kier molecular flexibility index (Phi) is 4.21. The number of nitrogens with zero attached hydrogens (tertiary/aromatic N) is 1. The fourth-order valence-corrected chi connectivity index (χ4v) is 2.16. The third kappa shape index (κ3) is 3.24. The van der Waals surface area contributed by atoms with Gasteiger partial charge in [-0.2, -0.15) is 0 Å². The maximum Gasteiger partial charge on any atom is 0.185 e. The molecule has 1 aromatic rings. The lowest BCUT2D eigenvalue weighted by atomic mass is 10.00. The summed E-state index contributed by atoms with van der Waals surface area (Å²) in [5, 5.41) is 13.1. The molecule has 0 spiro atoms. The van der Waals surface area contributed by atoms with Crippen LogP contribution in [0.5, 0.6) is 0 Å². The maximum absolute atomic E-state index is 10.2. The number of hydrogen-bond acceptors (Lipinski definition) is 5. The van der Waals surface area contributed by atoms with Crippen LogP contribution >= 0.6 is 11.3 Å². The lowest BCUT2D eigenvalue weighted by Gasteiger charge is -2.29. The molecule has 0 radical (unpaired) electrons. The summed E-state index contributed by atoms with van der Waals surface area (Å²) < 4.78 is 10.1. The fourth-order valence-electron chi connectivity index (χ4n) is 1.54. The van der Waals surface area contributed by atoms with E-state index in [4.69, 9.17) is 9.47 Å². The van der Waals surface area contributed by atoms with Crippen molar-refractivity contribution in [1.29, 1.82) is 0 Å². The van der Waals surface area contributed by atoms with E-state index in [0.717, 1.165) is 10.7 Å². The molecule has 0 aliphatic heterocycles. The monoisotopic (exact) mass is 231 g/mol. The molecule has 1 unspecified atom stereocenters. The molecule has 0 saturated heterocycles. The molecule has 0 aliphatic carbocycles. The third-order valence-corrected chi connectivity index (χ3v) is 2.96. The molecular weight excluding hydrogens is 214 g/mol. The summed E-state index contributed by atoms with van der Waals surface area (Å²) in [5.74, 6) is 0. The quantitative estimate of drug-likeness (QED) is 0.777. The summed E-state index contributed by atoms with van der Waals surface area (Å²) in [5.41, 5.74) is -0.203. The Balaban J connectivity index is 2.70. The minimum Gasteiger partial charge on any atom is -0.384 e. The molecule has 1 heterocycles. The van der Waals surface area contributed by atoms with Gasteiger partial charge in [0.1, 0.15) is 5.60 Å². The topological polar surface area (TPSA) is 51.6 Å². The molecule has 1 atom stereocenters. The van der Waals surface area contributed by atoms with Crippen molar-refractivity contribution in [3.63, 3.8) is 0 Å². The van der Waals surface area contributed by atoms with Crippen LogP contribution in [-0.2, 0) is 15.9 Å². The second-order valence-corrected chi connectivity index (χ2v) is 4.76. The van der Waals surface area contributed by atoms with E-state index >= 15 is 0 Å². The predicted molar refractivity (Wildman–Crippen MR) is 59.0 cm³/mol. The molecular formula is C10H17NO3S. The number of ether oxygens (including phenoxy) is 2. The van der Waals surface area contributed by atoms with Crippen molar-refractivity contribution in [2.45, 2.75) is 32.2 Å². The minimum absolute atomic E-state index is 0.420. The Morgan fingerprint density at radius 1 is 1.53 bits per heavy atom. The van der Waals surface area contributed by atoms with Gasteiger partial charge in [-0.05, 0) is 13.8 Å². The average molecular weight is 231 g/mol. The summed E-state index contributed by atoms with van der Waals surface area (Å²) >= 11 is 1.57. The van der Waals surface area contributed by atoms with Crippen molar-refractivity contribution in [2.24, 2.45) is 0 Å². The summed E-state index contributed by atoms with van der Waals surface area (Å²) in [6.07, 6.45) is -0.219. The third-order valence-electron chi connectivity index (χ3n) is 2.14. The zero-order valence-electron chi connectivity index (χ0n) is 9.48. The Bertz CT molecular complexity index is 307. The van der Waals surface area contributed by atoms with Gasteiger partial charge in [-0.25, -0.2) is 4.98 Å². The highest BCUT2D eigenvalue weighted by Crippen LogP contribution is 2.20. The van der Waals surface area contributed by atoms with Gasteiger partial charge in [-0.1, -0.05) is 0 Å². The Hall–Kier alpha value is -0.490. The summed E-state index contributed by atoms with van der Waals surface area (Å²) in [6.45, 7) is 3.62. The fraction of sp³-hybridized carbons (Fsp3) is 0.700. The van der Waals surface area contributed by atoms with Gasteiger partial charge in [0.2, 0.25) is 0 Å². The Morgan fingerprint density at radius 3 is 2.53 bits per heavy atom. The van der Waals surface area contributed by atoms with E-state index in [1.165, 1.54) is 14.2 Å². The lowest BCUT2D eigenvalue weighted by Crippen LogP contribution is -2.43. The van der Waals surface area contributed by atoms with Crippen molar-refractivity contribution >= 4 is 11.3 Å². The van der Waals surface area contributed by atoms with Crippen LogP contribution in [0.1, 0.15) is 17.6 Å². The standard InChI is InChI=1S/C10H17NO3S/c1-7-11-8(6-15-7)5-10(2,12)9(13-3)14-4/h6,9,12H,5H2,1-4H3. The first kappa shape index (κ1) is 12.6. The minimum atomic E-state index is -1.07. The molecule has 0 bridgehead atoms. The van der Waals surface area contributed by atoms with Crippen LogP contribution in [-0.4, -0.2) is 36.2 Å². The molecule has 0 aromatic carbocycles. The van der Waals surface area contributed by atoms with Gasteiger partial charge in [0, 0.05) is 26.0 Å². The van der Waals surface area contributed by atoms with E-state index in [1.807, 2.05) is 12.3 Å². The van der Waals surface area contributed by atoms with Gasteiger partial charge in [0.05, 0.1) is 10.7 Å². The first-order chi connectivity index (χ1) is 6.99. The molecule has 86 valence electrons. The largest absolute Gasteiger partial charge is 0.384 e. The van der Waals surface area contributed by atoms with Crippen LogP contribution in [0.15, 0.2) is 5.38 Å². The van der Waals surface area contributed by atoms with Gasteiger partial charge in [-0.15, -0.1) is 11.3 Å². The van der Waals surface area contributed by atoms with Gasteiger partial charge in [0.25, 0.3) is 0 Å². The zero-order chi connectivity index (χ0) is 11.5. The molecule has 0 aliphatic rings. The summed E-state index contributed by atoms with van der Waals surface area (Å²) in [7, 11) is 3.02. The van der Waals surface area contributed by atoms with Crippen LogP contribution < -0.4 is 0 Å². The Morgan fingerprint density at radius 2 is 2.13 bits per heavy atom. The van der Waals surface area contributed by atoms with Crippen molar-refractivity contribution in [1.82, 2.24) is 4.98 Å². The SMILES string of the molecule is COC(OC)C(C)(O)Cc1csc(C)n1. The van der Waals surface area contributed by atoms with Gasteiger partial charge in [0.15, 0.2) is 6.29 Å². The number of rotatable bonds is 5. The molecule has 0 amide bonds. The second kappa shape index (κ2) is 5.03. The Labute approximate surface area is 93.9 Å². The van der Waals surface area contributed by atoms with Crippen molar-refractivity contribution in [3.8, 4) is 0 Å². The normalized spacial score (nSPS) is 15.6. The number of aryl methyl sites for hydroxylation is 1. The summed E-state index contributed by atoms with van der Waals surface area (Å²) in [6, 6.07) is 0. The first-order valence-corrected chi connectivity index (χ1v) is 5.56. The highest BCUT2D eigenvalue weighted by Gasteiger charge is 2.33. The number of aliphatic hydroxyl groups is 1. The molecule has 0 fully saturated rings. The van der Waals surface area contributed by atoms with Crippen LogP contribution in [0.4, 0.5) is 0 Å². The predicted octanol–water partition coefficient (Wildman–Crippen LogP) is 1.36. The van der Waals surface area contributed by atoms with Gasteiger partial charge >= 0.3 is 0 Å². The number of aromatic nitrogens is 1. The smallest absolute Gasteiger partial charge is 0.185 e. The molecule has 15 heavy (non-hydrogen) atoms. The van der Waals surface area contributed by atoms with E-state index in [2.05, 4.69) is 4.98 Å². The highest BCUT2D eigenvalue weighted by molar-refractivity contribution is 7.09. The van der Waals surface area contributed by atoms with E-state index in [-0.39, 0.29) is 0 Å². The van der Waals surface area contributed by atoms with Crippen LogP contribution in [0.2, 0.25) is 0 Å². The first-order valence-electron chi connectivity index (χ1n) is 4.68. The summed E-state index contributed by atoms with van der Waals surface area (Å²) in [4.78, 5) is 4.29. The van der Waals surface area contributed by atoms with Crippen LogP contribution in [0.25, 0.3) is 0 Å². The average Bonchev–Trinajstić information content (AvgIpc) is 2.51. The van der Waals surface area contributed by atoms with Crippen molar-refractivity contribution < 1.29 is 14.6 Å². The second-order valence-electron chi connectivity index (χ2n) is 3.70. The van der Waals surface area contributed by atoms with Crippen LogP contribution in [0, 0.1) is 6.92 Å². The molecule has 5 heteroatoms. The number of hydrogen-bond donors (Lipinski definition) is 1. The van der Waals surface area contributed by atoms with Crippen LogP contribution in [0.3, 0.4) is 0 Å². The highest BCUT2D eigenvalue weighted by atomic mass is 32.1.